The van der Waals surface area contributed by atoms with Gasteiger partial charge in [-0.1, -0.05) is 0 Å². The van der Waals surface area contributed by atoms with E-state index in [-0.39, 0.29) is 17.6 Å². The molecule has 26 heavy (non-hydrogen) atoms. The summed E-state index contributed by atoms with van der Waals surface area (Å²) in [5.74, 6) is -0.179. The van der Waals surface area contributed by atoms with Crippen molar-refractivity contribution in [2.24, 2.45) is 21.6 Å². The third kappa shape index (κ3) is 3.91. The molecule has 1 saturated heterocycles. The summed E-state index contributed by atoms with van der Waals surface area (Å²) in [6, 6.07) is 4.52. The summed E-state index contributed by atoms with van der Waals surface area (Å²) in [5, 5.41) is 8.61. The third-order valence-electron chi connectivity index (χ3n) is 4.30. The Kier molecular flexibility index (Phi) is 5.63. The highest BCUT2D eigenvalue weighted by molar-refractivity contribution is 6.15. The van der Waals surface area contributed by atoms with Crippen LogP contribution < -0.4 is 10.5 Å². The molecule has 2 aliphatic heterocycles. The van der Waals surface area contributed by atoms with Gasteiger partial charge in [0.25, 0.3) is 0 Å². The average molecular weight is 361 g/mol. The van der Waals surface area contributed by atoms with Crippen LogP contribution in [0, 0.1) is 17.1 Å². The highest BCUT2D eigenvalue weighted by Crippen LogP contribution is 2.24. The van der Waals surface area contributed by atoms with Gasteiger partial charge < -0.3 is 25.5 Å². The number of ether oxygens (including phenoxy) is 2. The molecule has 140 valence electrons. The summed E-state index contributed by atoms with van der Waals surface area (Å²) in [6.45, 7) is 6.22. The molecule has 1 aromatic rings. The molecule has 2 heterocycles. The Morgan fingerprint density at radius 3 is 2.77 bits per heavy atom. The molecule has 0 amide bonds. The smallest absolute Gasteiger partial charge is 0.165 e. The Morgan fingerprint density at radius 1 is 1.38 bits per heavy atom. The quantitative estimate of drug-likeness (QED) is 0.797. The van der Waals surface area contributed by atoms with Crippen LogP contribution >= 0.6 is 0 Å². The SMILES string of the molecule is CC(C)Oc1ccc(C(=N)C2C(N3CCOCC3)=NC=NC2N)cc1F. The maximum atomic E-state index is 14.3. The van der Waals surface area contributed by atoms with Crippen LogP contribution in [0.2, 0.25) is 0 Å². The minimum atomic E-state index is -0.632. The molecule has 2 atom stereocenters. The van der Waals surface area contributed by atoms with Crippen LogP contribution in [0.25, 0.3) is 0 Å². The zero-order valence-electron chi connectivity index (χ0n) is 15.0. The number of morpholine rings is 1. The largest absolute Gasteiger partial charge is 0.488 e. The maximum Gasteiger partial charge on any atom is 0.165 e. The van der Waals surface area contributed by atoms with Gasteiger partial charge in [-0.15, -0.1) is 0 Å². The summed E-state index contributed by atoms with van der Waals surface area (Å²) in [4.78, 5) is 10.6. The summed E-state index contributed by atoms with van der Waals surface area (Å²) >= 11 is 0. The first-order valence-corrected chi connectivity index (χ1v) is 8.70. The molecule has 3 N–H and O–H groups in total. The molecule has 0 radical (unpaired) electrons. The van der Waals surface area contributed by atoms with Crippen LogP contribution in [0.1, 0.15) is 19.4 Å². The number of nitrogens with one attached hydrogen (secondary N) is 1. The van der Waals surface area contributed by atoms with Gasteiger partial charge in [0.05, 0.1) is 30.9 Å². The summed E-state index contributed by atoms with van der Waals surface area (Å²) in [7, 11) is 0. The van der Waals surface area contributed by atoms with Crippen molar-refractivity contribution in [3.8, 4) is 5.75 Å². The van der Waals surface area contributed by atoms with Crippen molar-refractivity contribution >= 4 is 17.9 Å². The summed E-state index contributed by atoms with van der Waals surface area (Å²) < 4.78 is 25.1. The monoisotopic (exact) mass is 361 g/mol. The number of halogens is 1. The van der Waals surface area contributed by atoms with Crippen LogP contribution in [0.3, 0.4) is 0 Å². The lowest BCUT2D eigenvalue weighted by atomic mass is 9.91. The number of aliphatic imine (C=N–C) groups is 2. The third-order valence-corrected chi connectivity index (χ3v) is 4.30. The van der Waals surface area contributed by atoms with Crippen molar-refractivity contribution in [2.45, 2.75) is 26.1 Å². The van der Waals surface area contributed by atoms with Crippen molar-refractivity contribution in [3.63, 3.8) is 0 Å². The van der Waals surface area contributed by atoms with Gasteiger partial charge in [-0.3, -0.25) is 4.99 Å². The second-order valence-corrected chi connectivity index (χ2v) is 6.55. The minimum absolute atomic E-state index is 0.129. The second-order valence-electron chi connectivity index (χ2n) is 6.55. The molecular weight excluding hydrogens is 337 g/mol. The highest BCUT2D eigenvalue weighted by atomic mass is 19.1. The van der Waals surface area contributed by atoms with E-state index in [0.717, 1.165) is 0 Å². The van der Waals surface area contributed by atoms with Gasteiger partial charge in [-0.25, -0.2) is 9.38 Å². The fraction of sp³-hybridized carbons (Fsp3) is 0.500. The van der Waals surface area contributed by atoms with Gasteiger partial charge in [0.15, 0.2) is 11.6 Å². The van der Waals surface area contributed by atoms with Gasteiger partial charge in [-0.2, -0.15) is 0 Å². The first-order chi connectivity index (χ1) is 12.5. The Bertz CT molecular complexity index is 728. The normalized spacial score (nSPS) is 23.1. The number of hydrogen-bond donors (Lipinski definition) is 2. The van der Waals surface area contributed by atoms with Crippen LogP contribution in [0.4, 0.5) is 4.39 Å². The molecule has 2 unspecified atom stereocenters. The van der Waals surface area contributed by atoms with Gasteiger partial charge in [0, 0.05) is 13.1 Å². The van der Waals surface area contributed by atoms with E-state index in [1.807, 2.05) is 13.8 Å². The standard InChI is InChI=1S/C18H24FN5O2/c1-11(2)26-14-4-3-12(9-13(14)19)16(20)15-17(21)22-10-23-18(15)24-5-7-25-8-6-24/h3-4,9-11,15,17,20H,5-8,21H2,1-2H3. The van der Waals surface area contributed by atoms with Gasteiger partial charge in [-0.05, 0) is 37.6 Å². The van der Waals surface area contributed by atoms with E-state index >= 15 is 0 Å². The number of nitrogens with zero attached hydrogens (tertiary/aromatic N) is 3. The number of rotatable bonds is 4. The van der Waals surface area contributed by atoms with Crippen LogP contribution in [0.15, 0.2) is 28.2 Å². The molecule has 0 saturated carbocycles. The predicted molar refractivity (Wildman–Crippen MR) is 98.8 cm³/mol. The van der Waals surface area contributed by atoms with Crippen LogP contribution in [-0.4, -0.2) is 61.4 Å². The van der Waals surface area contributed by atoms with Crippen molar-refractivity contribution in [1.82, 2.24) is 4.90 Å². The number of hydrogen-bond acceptors (Lipinski definition) is 7. The number of benzene rings is 1. The van der Waals surface area contributed by atoms with E-state index in [9.17, 15) is 4.39 Å². The summed E-state index contributed by atoms with van der Waals surface area (Å²) in [5.41, 5.74) is 6.78. The number of amidine groups is 1. The van der Waals surface area contributed by atoms with E-state index in [1.165, 1.54) is 12.4 Å². The molecular formula is C18H24FN5O2. The fourth-order valence-corrected chi connectivity index (χ4v) is 3.06. The lowest BCUT2D eigenvalue weighted by Crippen LogP contribution is -2.52. The van der Waals surface area contributed by atoms with Crippen LogP contribution in [-0.2, 0) is 4.74 Å². The first-order valence-electron chi connectivity index (χ1n) is 8.70. The van der Waals surface area contributed by atoms with E-state index in [1.54, 1.807) is 12.1 Å². The van der Waals surface area contributed by atoms with Gasteiger partial charge in [0.2, 0.25) is 0 Å². The molecule has 2 aliphatic rings. The number of nitrogens with two attached hydrogens (primary N) is 1. The van der Waals surface area contributed by atoms with Crippen molar-refractivity contribution < 1.29 is 13.9 Å². The van der Waals surface area contributed by atoms with E-state index in [0.29, 0.717) is 37.7 Å². The van der Waals surface area contributed by atoms with Crippen molar-refractivity contribution in [3.05, 3.63) is 29.6 Å². The molecule has 1 fully saturated rings. The molecule has 7 nitrogen and oxygen atoms in total. The molecule has 1 aromatic carbocycles. The molecule has 0 aromatic heterocycles. The molecule has 0 aliphatic carbocycles. The molecule has 0 spiro atoms. The lowest BCUT2D eigenvalue weighted by molar-refractivity contribution is 0.0663. The fourth-order valence-electron chi connectivity index (χ4n) is 3.06. The van der Waals surface area contributed by atoms with Gasteiger partial charge >= 0.3 is 0 Å². The van der Waals surface area contributed by atoms with E-state index in [4.69, 9.17) is 20.6 Å². The zero-order chi connectivity index (χ0) is 18.7. The lowest BCUT2D eigenvalue weighted by Gasteiger charge is -2.36. The van der Waals surface area contributed by atoms with Crippen LogP contribution in [0.5, 0.6) is 5.75 Å². The Hall–Kier alpha value is -2.32. The molecule has 0 bridgehead atoms. The highest BCUT2D eigenvalue weighted by Gasteiger charge is 2.34. The Morgan fingerprint density at radius 2 is 2.12 bits per heavy atom. The maximum absolute atomic E-state index is 14.3. The molecule has 8 heteroatoms. The van der Waals surface area contributed by atoms with Crippen molar-refractivity contribution in [1.29, 1.82) is 5.41 Å². The topological polar surface area (TPSA) is 96.3 Å². The Labute approximate surface area is 152 Å². The van der Waals surface area contributed by atoms with Crippen molar-refractivity contribution in [2.75, 3.05) is 26.3 Å². The average Bonchev–Trinajstić information content (AvgIpc) is 2.63. The van der Waals surface area contributed by atoms with E-state index < -0.39 is 17.9 Å². The molecule has 3 rings (SSSR count). The Balaban J connectivity index is 1.85. The second kappa shape index (κ2) is 7.92. The van der Waals surface area contributed by atoms with Gasteiger partial charge in [0.1, 0.15) is 18.3 Å². The summed E-state index contributed by atoms with van der Waals surface area (Å²) in [6.07, 6.45) is 0.669. The zero-order valence-corrected chi connectivity index (χ0v) is 15.0. The predicted octanol–water partition coefficient (Wildman–Crippen LogP) is 1.65. The first kappa shape index (κ1) is 18.5. The minimum Gasteiger partial charge on any atom is -0.488 e. The van der Waals surface area contributed by atoms with E-state index in [2.05, 4.69) is 14.9 Å².